The maximum Gasteiger partial charge on any atom is 0.149 e. The summed E-state index contributed by atoms with van der Waals surface area (Å²) < 4.78 is 0. The minimum absolute atomic E-state index is 0.188. The summed E-state index contributed by atoms with van der Waals surface area (Å²) in [6.45, 7) is 4.16. The molecular weight excluding hydrogens is 212 g/mol. The SMILES string of the molecule is Cc1ccc(C(C)Nc2ccc(N)nn2)cc1. The summed E-state index contributed by atoms with van der Waals surface area (Å²) in [7, 11) is 0. The van der Waals surface area contributed by atoms with Crippen LogP contribution in [0.1, 0.15) is 24.1 Å². The summed E-state index contributed by atoms with van der Waals surface area (Å²) in [5.41, 5.74) is 7.96. The highest BCUT2D eigenvalue weighted by Gasteiger charge is 2.05. The van der Waals surface area contributed by atoms with Gasteiger partial charge >= 0.3 is 0 Å². The summed E-state index contributed by atoms with van der Waals surface area (Å²) in [5.74, 6) is 1.16. The van der Waals surface area contributed by atoms with Crippen molar-refractivity contribution in [1.29, 1.82) is 0 Å². The molecule has 88 valence electrons. The van der Waals surface area contributed by atoms with Gasteiger partial charge in [0.2, 0.25) is 0 Å². The molecular formula is C13H16N4. The van der Waals surface area contributed by atoms with Crippen LogP contribution in [0, 0.1) is 6.92 Å². The van der Waals surface area contributed by atoms with E-state index in [4.69, 9.17) is 5.73 Å². The van der Waals surface area contributed by atoms with Crippen LogP contribution in [0.15, 0.2) is 36.4 Å². The second-order valence-electron chi connectivity index (χ2n) is 4.12. The highest BCUT2D eigenvalue weighted by Crippen LogP contribution is 2.17. The number of benzene rings is 1. The standard InChI is InChI=1S/C13H16N4/c1-9-3-5-11(6-4-9)10(2)15-13-8-7-12(14)16-17-13/h3-8,10H,1-2H3,(H2,14,16)(H,15,17). The van der Waals surface area contributed by atoms with E-state index in [2.05, 4.69) is 53.6 Å². The van der Waals surface area contributed by atoms with E-state index in [1.54, 1.807) is 6.07 Å². The third kappa shape index (κ3) is 2.93. The first-order valence-corrected chi connectivity index (χ1v) is 5.57. The second-order valence-corrected chi connectivity index (χ2v) is 4.12. The zero-order valence-electron chi connectivity index (χ0n) is 10.0. The van der Waals surface area contributed by atoms with Gasteiger partial charge in [-0.3, -0.25) is 0 Å². The van der Waals surface area contributed by atoms with Gasteiger partial charge in [0.15, 0.2) is 0 Å². The lowest BCUT2D eigenvalue weighted by Crippen LogP contribution is -2.08. The zero-order chi connectivity index (χ0) is 12.3. The summed E-state index contributed by atoms with van der Waals surface area (Å²) in [6, 6.07) is 12.2. The smallest absolute Gasteiger partial charge is 0.149 e. The van der Waals surface area contributed by atoms with E-state index in [0.29, 0.717) is 5.82 Å². The summed E-state index contributed by atoms with van der Waals surface area (Å²) in [5, 5.41) is 11.1. The number of rotatable bonds is 3. The minimum Gasteiger partial charge on any atom is -0.382 e. The molecule has 1 aromatic carbocycles. The highest BCUT2D eigenvalue weighted by molar-refractivity contribution is 5.41. The molecule has 1 unspecified atom stereocenters. The molecule has 0 radical (unpaired) electrons. The van der Waals surface area contributed by atoms with Crippen LogP contribution in [-0.2, 0) is 0 Å². The van der Waals surface area contributed by atoms with Crippen molar-refractivity contribution < 1.29 is 0 Å². The summed E-state index contributed by atoms with van der Waals surface area (Å²) in [6.07, 6.45) is 0. The number of nitrogens with two attached hydrogens (primary N) is 1. The van der Waals surface area contributed by atoms with Crippen LogP contribution < -0.4 is 11.1 Å². The molecule has 4 heteroatoms. The molecule has 2 aromatic rings. The average molecular weight is 228 g/mol. The third-order valence-electron chi connectivity index (χ3n) is 2.63. The largest absolute Gasteiger partial charge is 0.382 e. The molecule has 0 amide bonds. The number of hydrogen-bond acceptors (Lipinski definition) is 4. The fraction of sp³-hybridized carbons (Fsp3) is 0.231. The van der Waals surface area contributed by atoms with Crippen molar-refractivity contribution in [3.63, 3.8) is 0 Å². The Bertz CT molecular complexity index is 476. The van der Waals surface area contributed by atoms with Gasteiger partial charge in [0.25, 0.3) is 0 Å². The van der Waals surface area contributed by atoms with E-state index in [9.17, 15) is 0 Å². The molecule has 0 spiro atoms. The van der Waals surface area contributed by atoms with E-state index in [-0.39, 0.29) is 6.04 Å². The molecule has 0 saturated carbocycles. The average Bonchev–Trinajstić information content (AvgIpc) is 2.33. The Morgan fingerprint density at radius 1 is 1.06 bits per heavy atom. The van der Waals surface area contributed by atoms with Crippen LogP contribution in [0.5, 0.6) is 0 Å². The van der Waals surface area contributed by atoms with Crippen LogP contribution in [0.4, 0.5) is 11.6 Å². The fourth-order valence-electron chi connectivity index (χ4n) is 1.58. The first kappa shape index (κ1) is 11.4. The number of aromatic nitrogens is 2. The van der Waals surface area contributed by atoms with Crippen molar-refractivity contribution in [3.05, 3.63) is 47.5 Å². The molecule has 0 fully saturated rings. The molecule has 3 N–H and O–H groups in total. The topological polar surface area (TPSA) is 63.8 Å². The van der Waals surface area contributed by atoms with Gasteiger partial charge in [-0.25, -0.2) is 0 Å². The Balaban J connectivity index is 2.08. The predicted molar refractivity (Wildman–Crippen MR) is 69.7 cm³/mol. The monoisotopic (exact) mass is 228 g/mol. The number of nitrogen functional groups attached to an aromatic ring is 1. The Kier molecular flexibility index (Phi) is 3.23. The first-order valence-electron chi connectivity index (χ1n) is 5.57. The van der Waals surface area contributed by atoms with Crippen LogP contribution in [0.3, 0.4) is 0 Å². The van der Waals surface area contributed by atoms with Crippen molar-refractivity contribution in [2.24, 2.45) is 0 Å². The van der Waals surface area contributed by atoms with Gasteiger partial charge in [0.1, 0.15) is 11.6 Å². The zero-order valence-corrected chi connectivity index (χ0v) is 10.0. The lowest BCUT2D eigenvalue weighted by molar-refractivity contribution is 0.861. The molecule has 0 aliphatic rings. The molecule has 1 aromatic heterocycles. The van der Waals surface area contributed by atoms with Gasteiger partial charge in [0.05, 0.1) is 0 Å². The van der Waals surface area contributed by atoms with E-state index < -0.39 is 0 Å². The van der Waals surface area contributed by atoms with Gasteiger partial charge in [-0.2, -0.15) is 0 Å². The normalized spacial score (nSPS) is 12.1. The number of hydrogen-bond donors (Lipinski definition) is 2. The number of nitrogens with one attached hydrogen (secondary N) is 1. The van der Waals surface area contributed by atoms with Gasteiger partial charge < -0.3 is 11.1 Å². The first-order chi connectivity index (χ1) is 8.15. The molecule has 1 heterocycles. The number of aryl methyl sites for hydroxylation is 1. The van der Waals surface area contributed by atoms with E-state index in [0.717, 1.165) is 5.82 Å². The van der Waals surface area contributed by atoms with Crippen LogP contribution in [0.25, 0.3) is 0 Å². The van der Waals surface area contributed by atoms with Crippen molar-refractivity contribution in [2.75, 3.05) is 11.1 Å². The molecule has 4 nitrogen and oxygen atoms in total. The van der Waals surface area contributed by atoms with E-state index in [1.165, 1.54) is 11.1 Å². The molecule has 0 saturated heterocycles. The minimum atomic E-state index is 0.188. The van der Waals surface area contributed by atoms with Crippen LogP contribution in [0.2, 0.25) is 0 Å². The Morgan fingerprint density at radius 2 is 1.76 bits per heavy atom. The van der Waals surface area contributed by atoms with Crippen LogP contribution in [-0.4, -0.2) is 10.2 Å². The van der Waals surface area contributed by atoms with Crippen LogP contribution >= 0.6 is 0 Å². The van der Waals surface area contributed by atoms with E-state index >= 15 is 0 Å². The Labute approximate surface area is 101 Å². The molecule has 17 heavy (non-hydrogen) atoms. The summed E-state index contributed by atoms with van der Waals surface area (Å²) in [4.78, 5) is 0. The predicted octanol–water partition coefficient (Wildman–Crippen LogP) is 2.54. The Morgan fingerprint density at radius 3 is 2.35 bits per heavy atom. The molecule has 0 aliphatic carbocycles. The molecule has 0 aliphatic heterocycles. The van der Waals surface area contributed by atoms with Crippen molar-refractivity contribution >= 4 is 11.6 Å². The van der Waals surface area contributed by atoms with Crippen molar-refractivity contribution in [3.8, 4) is 0 Å². The lowest BCUT2D eigenvalue weighted by Gasteiger charge is -2.14. The molecule has 2 rings (SSSR count). The summed E-state index contributed by atoms with van der Waals surface area (Å²) >= 11 is 0. The van der Waals surface area contributed by atoms with Crippen molar-refractivity contribution in [2.45, 2.75) is 19.9 Å². The van der Waals surface area contributed by atoms with Gasteiger partial charge in [-0.1, -0.05) is 29.8 Å². The maximum atomic E-state index is 5.48. The fourth-order valence-corrected chi connectivity index (χ4v) is 1.58. The van der Waals surface area contributed by atoms with Gasteiger partial charge in [-0.05, 0) is 31.5 Å². The van der Waals surface area contributed by atoms with Gasteiger partial charge in [0, 0.05) is 6.04 Å². The van der Waals surface area contributed by atoms with E-state index in [1.807, 2.05) is 6.07 Å². The molecule has 1 atom stereocenters. The van der Waals surface area contributed by atoms with Gasteiger partial charge in [-0.15, -0.1) is 10.2 Å². The highest BCUT2D eigenvalue weighted by atomic mass is 15.2. The Hall–Kier alpha value is -2.10. The van der Waals surface area contributed by atoms with Crippen molar-refractivity contribution in [1.82, 2.24) is 10.2 Å². The number of anilines is 2. The molecule has 0 bridgehead atoms. The number of nitrogens with zero attached hydrogens (tertiary/aromatic N) is 2. The lowest BCUT2D eigenvalue weighted by atomic mass is 10.1. The maximum absolute atomic E-state index is 5.48. The second kappa shape index (κ2) is 4.82. The third-order valence-corrected chi connectivity index (χ3v) is 2.63. The quantitative estimate of drug-likeness (QED) is 0.847.